The maximum absolute atomic E-state index is 11.8. The van der Waals surface area contributed by atoms with Crippen molar-refractivity contribution >= 4 is 11.4 Å². The molecule has 0 saturated heterocycles. The summed E-state index contributed by atoms with van der Waals surface area (Å²) >= 11 is 0. The van der Waals surface area contributed by atoms with Gasteiger partial charge in [-0.05, 0) is 42.2 Å². The van der Waals surface area contributed by atoms with Gasteiger partial charge in [0.25, 0.3) is 5.70 Å². The van der Waals surface area contributed by atoms with E-state index in [-0.39, 0.29) is 17.9 Å². The number of ketones is 1. The normalized spacial score (nSPS) is 16.1. The Labute approximate surface area is 99.8 Å². The Morgan fingerprint density at radius 3 is 2.47 bits per heavy atom. The fraction of sp³-hybridized carbons (Fsp3) is 0.214. The second-order valence-corrected chi connectivity index (χ2v) is 4.13. The highest BCUT2D eigenvalue weighted by atomic mass is 16.1. The van der Waals surface area contributed by atoms with E-state index < -0.39 is 0 Å². The lowest BCUT2D eigenvalue weighted by molar-refractivity contribution is 0.100. The molecule has 0 aromatic heterocycles. The molecule has 0 unspecified atom stereocenters. The number of benzene rings is 1. The fourth-order valence-corrected chi connectivity index (χ4v) is 2.02. The standard InChI is InChI=1S/C14H10N2O/c1-8-4-10-11(13(7-15)16-3)6-14(17)12(10)5-9(8)2/h4-5H,6H2,1-2H3/b13-11+. The summed E-state index contributed by atoms with van der Waals surface area (Å²) in [5.41, 5.74) is 4.12. The molecule has 0 heterocycles. The number of hydrogen-bond acceptors (Lipinski definition) is 2. The number of fused-ring (bicyclic) bond motifs is 1. The minimum Gasteiger partial charge on any atom is -0.294 e. The number of aryl methyl sites for hydroxylation is 2. The molecule has 0 spiro atoms. The van der Waals surface area contributed by atoms with E-state index >= 15 is 0 Å². The molecule has 0 N–H and O–H groups in total. The Bertz CT molecular complexity index is 623. The summed E-state index contributed by atoms with van der Waals surface area (Å²) in [5.74, 6) is -0.00509. The van der Waals surface area contributed by atoms with Gasteiger partial charge in [0.05, 0.1) is 12.6 Å². The molecular formula is C14H10N2O. The number of rotatable bonds is 0. The molecule has 0 bridgehead atoms. The number of allylic oxidation sites excluding steroid dienone is 2. The van der Waals surface area contributed by atoms with Crippen molar-refractivity contribution in [3.63, 3.8) is 0 Å². The van der Waals surface area contributed by atoms with Gasteiger partial charge in [0.15, 0.2) is 5.78 Å². The Morgan fingerprint density at radius 2 is 1.94 bits per heavy atom. The van der Waals surface area contributed by atoms with E-state index in [2.05, 4.69) is 4.85 Å². The highest BCUT2D eigenvalue weighted by Crippen LogP contribution is 2.36. The topological polar surface area (TPSA) is 45.2 Å². The van der Waals surface area contributed by atoms with Crippen molar-refractivity contribution in [2.75, 3.05) is 0 Å². The number of nitrogens with zero attached hydrogens (tertiary/aromatic N) is 2. The van der Waals surface area contributed by atoms with E-state index in [0.717, 1.165) is 16.7 Å². The first-order valence-corrected chi connectivity index (χ1v) is 5.24. The SMILES string of the molecule is [C-]#[N+]/C(C#N)=C1\CC(=O)c2cc(C)c(C)cc21. The average molecular weight is 222 g/mol. The van der Waals surface area contributed by atoms with Crippen molar-refractivity contribution in [2.24, 2.45) is 0 Å². The minimum atomic E-state index is -0.00509. The molecule has 0 fully saturated rings. The third-order valence-electron chi connectivity index (χ3n) is 3.10. The van der Waals surface area contributed by atoms with Crippen molar-refractivity contribution in [3.8, 4) is 6.07 Å². The second kappa shape index (κ2) is 3.88. The van der Waals surface area contributed by atoms with Crippen molar-refractivity contribution in [1.29, 1.82) is 5.26 Å². The number of hydrogen-bond donors (Lipinski definition) is 0. The van der Waals surface area contributed by atoms with Crippen LogP contribution < -0.4 is 0 Å². The highest BCUT2D eigenvalue weighted by Gasteiger charge is 2.27. The molecule has 0 aliphatic heterocycles. The molecule has 1 aliphatic carbocycles. The number of nitriles is 1. The molecule has 0 atom stereocenters. The number of carbonyl (C=O) groups is 1. The monoisotopic (exact) mass is 222 g/mol. The first kappa shape index (κ1) is 11.1. The van der Waals surface area contributed by atoms with Crippen molar-refractivity contribution in [2.45, 2.75) is 20.3 Å². The lowest BCUT2D eigenvalue weighted by atomic mass is 9.99. The van der Waals surface area contributed by atoms with Crippen LogP contribution in [0.1, 0.15) is 33.5 Å². The Hall–Kier alpha value is -2.39. The molecule has 2 rings (SSSR count). The van der Waals surface area contributed by atoms with E-state index in [1.807, 2.05) is 32.0 Å². The molecule has 1 aromatic carbocycles. The lowest BCUT2D eigenvalue weighted by Crippen LogP contribution is -1.93. The van der Waals surface area contributed by atoms with Gasteiger partial charge in [0, 0.05) is 12.0 Å². The Balaban J connectivity index is 2.77. The summed E-state index contributed by atoms with van der Waals surface area (Å²) in [6.45, 7) is 10.9. The van der Waals surface area contributed by atoms with Gasteiger partial charge >= 0.3 is 0 Å². The van der Waals surface area contributed by atoms with E-state index in [1.54, 1.807) is 0 Å². The number of carbonyl (C=O) groups excluding carboxylic acids is 1. The second-order valence-electron chi connectivity index (χ2n) is 4.13. The summed E-state index contributed by atoms with van der Waals surface area (Å²) in [5, 5.41) is 8.89. The van der Waals surface area contributed by atoms with E-state index in [4.69, 9.17) is 11.8 Å². The average Bonchev–Trinajstić information content (AvgIpc) is 2.60. The molecule has 3 nitrogen and oxygen atoms in total. The van der Waals surface area contributed by atoms with Crippen LogP contribution in [0.2, 0.25) is 0 Å². The van der Waals surface area contributed by atoms with Crippen molar-refractivity contribution in [1.82, 2.24) is 0 Å². The molecule has 17 heavy (non-hydrogen) atoms. The zero-order valence-electron chi connectivity index (χ0n) is 9.66. The first-order valence-electron chi connectivity index (χ1n) is 5.24. The van der Waals surface area contributed by atoms with Crippen LogP contribution in [0.5, 0.6) is 0 Å². The third-order valence-corrected chi connectivity index (χ3v) is 3.10. The molecule has 3 heteroatoms. The Morgan fingerprint density at radius 1 is 1.35 bits per heavy atom. The molecule has 0 radical (unpaired) electrons. The molecule has 0 amide bonds. The van der Waals surface area contributed by atoms with Gasteiger partial charge in [-0.3, -0.25) is 4.79 Å². The van der Waals surface area contributed by atoms with Gasteiger partial charge in [-0.25, -0.2) is 10.1 Å². The highest BCUT2D eigenvalue weighted by molar-refractivity contribution is 6.13. The maximum atomic E-state index is 11.8. The molecule has 0 saturated carbocycles. The minimum absolute atomic E-state index is 0.00509. The summed E-state index contributed by atoms with van der Waals surface area (Å²) in [6, 6.07) is 5.60. The molecule has 1 aliphatic rings. The number of Topliss-reactive ketones (excluding diaryl/α,β-unsaturated/α-hetero) is 1. The van der Waals surface area contributed by atoms with Gasteiger partial charge in [-0.15, -0.1) is 0 Å². The summed E-state index contributed by atoms with van der Waals surface area (Å²) < 4.78 is 0. The largest absolute Gasteiger partial charge is 0.294 e. The maximum Gasteiger partial charge on any atom is 0.266 e. The van der Waals surface area contributed by atoms with E-state index in [9.17, 15) is 4.79 Å². The quantitative estimate of drug-likeness (QED) is 0.500. The zero-order chi connectivity index (χ0) is 12.6. The third kappa shape index (κ3) is 1.62. The van der Waals surface area contributed by atoms with Crippen LogP contribution in [0.25, 0.3) is 10.4 Å². The van der Waals surface area contributed by atoms with Crippen LogP contribution in [0.3, 0.4) is 0 Å². The molecule has 82 valence electrons. The summed E-state index contributed by atoms with van der Waals surface area (Å²) in [7, 11) is 0. The lowest BCUT2D eigenvalue weighted by Gasteiger charge is -2.05. The van der Waals surface area contributed by atoms with Crippen LogP contribution in [0.15, 0.2) is 17.8 Å². The van der Waals surface area contributed by atoms with Crippen LogP contribution in [0.4, 0.5) is 0 Å². The van der Waals surface area contributed by atoms with Crippen molar-refractivity contribution in [3.05, 3.63) is 51.5 Å². The van der Waals surface area contributed by atoms with Gasteiger partial charge in [0.2, 0.25) is 0 Å². The fourth-order valence-electron chi connectivity index (χ4n) is 2.02. The van der Waals surface area contributed by atoms with Gasteiger partial charge in [0.1, 0.15) is 0 Å². The summed E-state index contributed by atoms with van der Waals surface area (Å²) in [6.07, 6.45) is 0.170. The van der Waals surface area contributed by atoms with Gasteiger partial charge in [-0.2, -0.15) is 0 Å². The van der Waals surface area contributed by atoms with Crippen LogP contribution >= 0.6 is 0 Å². The van der Waals surface area contributed by atoms with Crippen LogP contribution in [0, 0.1) is 31.8 Å². The van der Waals surface area contributed by atoms with Crippen LogP contribution in [-0.4, -0.2) is 5.78 Å². The Kier molecular flexibility index (Phi) is 2.54. The van der Waals surface area contributed by atoms with Gasteiger partial charge in [-0.1, -0.05) is 6.07 Å². The predicted molar refractivity (Wildman–Crippen MR) is 64.0 cm³/mol. The molecule has 1 aromatic rings. The van der Waals surface area contributed by atoms with E-state index in [1.165, 1.54) is 0 Å². The van der Waals surface area contributed by atoms with Crippen molar-refractivity contribution < 1.29 is 4.79 Å². The first-order chi connectivity index (χ1) is 8.08. The smallest absolute Gasteiger partial charge is 0.266 e. The van der Waals surface area contributed by atoms with E-state index in [0.29, 0.717) is 11.1 Å². The molecular weight excluding hydrogens is 212 g/mol. The summed E-state index contributed by atoms with van der Waals surface area (Å²) in [4.78, 5) is 15.0. The van der Waals surface area contributed by atoms with Gasteiger partial charge < -0.3 is 0 Å². The van der Waals surface area contributed by atoms with Crippen LogP contribution in [-0.2, 0) is 0 Å². The zero-order valence-corrected chi connectivity index (χ0v) is 9.66. The predicted octanol–water partition coefficient (Wildman–Crippen LogP) is 3.04.